The van der Waals surface area contributed by atoms with E-state index in [1.54, 1.807) is 6.07 Å². The highest BCUT2D eigenvalue weighted by Crippen LogP contribution is 2.53. The van der Waals surface area contributed by atoms with Crippen LogP contribution in [0.4, 0.5) is 10.5 Å². The highest BCUT2D eigenvalue weighted by Gasteiger charge is 2.41. The van der Waals surface area contributed by atoms with Crippen LogP contribution in [-0.4, -0.2) is 22.9 Å². The maximum absolute atomic E-state index is 13.1. The number of nitrogens with one attached hydrogen (secondary N) is 1. The molecule has 1 aliphatic heterocycles. The summed E-state index contributed by atoms with van der Waals surface area (Å²) in [7, 11) is -2.79. The summed E-state index contributed by atoms with van der Waals surface area (Å²) >= 11 is 0. The van der Waals surface area contributed by atoms with Gasteiger partial charge in [-0.1, -0.05) is 19.1 Å². The van der Waals surface area contributed by atoms with E-state index in [4.69, 9.17) is 0 Å². The summed E-state index contributed by atoms with van der Waals surface area (Å²) in [5, 5.41) is 3.56. The summed E-state index contributed by atoms with van der Waals surface area (Å²) in [5.41, 5.74) is 0.680. The molecule has 1 aromatic carbocycles. The number of hydrogen-bond acceptors (Lipinski definition) is 2. The van der Waals surface area contributed by atoms with E-state index in [1.807, 2.05) is 39.0 Å². The van der Waals surface area contributed by atoms with Crippen molar-refractivity contribution in [1.29, 1.82) is 0 Å². The van der Waals surface area contributed by atoms with Gasteiger partial charge in [-0.3, -0.25) is 9.24 Å². The fraction of sp³-hybridized carbons (Fsp3) is 0.417. The molecule has 1 aromatic rings. The zero-order valence-corrected chi connectivity index (χ0v) is 11.2. The summed E-state index contributed by atoms with van der Waals surface area (Å²) in [4.78, 5) is 12.0. The van der Waals surface area contributed by atoms with Gasteiger partial charge in [0.1, 0.15) is 0 Å². The second-order valence-electron chi connectivity index (χ2n) is 4.40. The normalized spacial score (nSPS) is 23.5. The van der Waals surface area contributed by atoms with Crippen LogP contribution in [0.2, 0.25) is 0 Å². The maximum atomic E-state index is 13.1. The molecule has 1 heterocycles. The summed E-state index contributed by atoms with van der Waals surface area (Å²) < 4.78 is 14.6. The zero-order valence-electron chi connectivity index (χ0n) is 10.3. The molecule has 0 bridgehead atoms. The third-order valence-corrected chi connectivity index (χ3v) is 6.34. The standard InChI is InChI=1S/C12H17N2O2P/c1-4-17(16)11-8-6-5-7-10(11)13-12(15)14(17)9(2)3/h5-9H,4H2,1-3H3,(H,13,15). The van der Waals surface area contributed by atoms with E-state index >= 15 is 0 Å². The fourth-order valence-corrected chi connectivity index (χ4v) is 5.04. The van der Waals surface area contributed by atoms with E-state index in [9.17, 15) is 9.36 Å². The Morgan fingerprint density at radius 1 is 1.35 bits per heavy atom. The quantitative estimate of drug-likeness (QED) is 0.823. The molecule has 92 valence electrons. The van der Waals surface area contributed by atoms with Crippen LogP contribution in [0.5, 0.6) is 0 Å². The van der Waals surface area contributed by atoms with Crippen molar-refractivity contribution >= 4 is 24.3 Å². The molecule has 4 nitrogen and oxygen atoms in total. The molecule has 5 heteroatoms. The Labute approximate surface area is 101 Å². The first-order valence-corrected chi connectivity index (χ1v) is 7.64. The van der Waals surface area contributed by atoms with Crippen LogP contribution < -0.4 is 10.6 Å². The number of carbonyl (C=O) groups excluding carboxylic acids is 1. The largest absolute Gasteiger partial charge is 0.327 e. The van der Waals surface area contributed by atoms with E-state index < -0.39 is 7.29 Å². The van der Waals surface area contributed by atoms with Crippen LogP contribution in [0.1, 0.15) is 20.8 Å². The Bertz CT molecular complexity index is 499. The maximum Gasteiger partial charge on any atom is 0.327 e. The summed E-state index contributed by atoms with van der Waals surface area (Å²) in [6.07, 6.45) is 0.468. The van der Waals surface area contributed by atoms with Crippen molar-refractivity contribution < 1.29 is 9.36 Å². The minimum Gasteiger partial charge on any atom is -0.307 e. The third-order valence-electron chi connectivity index (χ3n) is 3.00. The van der Waals surface area contributed by atoms with Gasteiger partial charge in [0, 0.05) is 12.2 Å². The molecular weight excluding hydrogens is 235 g/mol. The van der Waals surface area contributed by atoms with E-state index in [-0.39, 0.29) is 12.1 Å². The molecule has 1 aliphatic rings. The molecule has 0 saturated heterocycles. The molecule has 0 saturated carbocycles. The third kappa shape index (κ3) is 1.77. The smallest absolute Gasteiger partial charge is 0.307 e. The predicted molar refractivity (Wildman–Crippen MR) is 70.2 cm³/mol. The van der Waals surface area contributed by atoms with Crippen molar-refractivity contribution in [1.82, 2.24) is 4.67 Å². The number of benzene rings is 1. The lowest BCUT2D eigenvalue weighted by Crippen LogP contribution is -2.45. The number of urea groups is 1. The Kier molecular flexibility index (Phi) is 3.00. The van der Waals surface area contributed by atoms with E-state index in [2.05, 4.69) is 5.32 Å². The SMILES string of the molecule is CCP1(=O)c2ccccc2NC(=O)N1C(C)C. The van der Waals surface area contributed by atoms with Gasteiger partial charge in [0.15, 0.2) is 0 Å². The molecule has 0 radical (unpaired) electrons. The van der Waals surface area contributed by atoms with Crippen molar-refractivity contribution in [2.45, 2.75) is 26.8 Å². The molecule has 0 spiro atoms. The zero-order chi connectivity index (χ0) is 12.6. The van der Waals surface area contributed by atoms with Gasteiger partial charge in [-0.05, 0) is 26.0 Å². The topological polar surface area (TPSA) is 49.4 Å². The second-order valence-corrected chi connectivity index (χ2v) is 7.35. The lowest BCUT2D eigenvalue weighted by molar-refractivity contribution is 0.228. The Morgan fingerprint density at radius 2 is 2.00 bits per heavy atom. The van der Waals surface area contributed by atoms with Gasteiger partial charge >= 0.3 is 6.03 Å². The molecule has 2 amide bonds. The molecular formula is C12H17N2O2P. The minimum atomic E-state index is -2.79. The first-order valence-electron chi connectivity index (χ1n) is 5.80. The summed E-state index contributed by atoms with van der Waals surface area (Å²) in [6.45, 7) is 5.64. The van der Waals surface area contributed by atoms with Crippen molar-refractivity contribution in [3.63, 3.8) is 0 Å². The molecule has 1 unspecified atom stereocenters. The van der Waals surface area contributed by atoms with Crippen LogP contribution in [0.3, 0.4) is 0 Å². The van der Waals surface area contributed by atoms with Gasteiger partial charge in [-0.15, -0.1) is 0 Å². The number of para-hydroxylation sites is 1. The predicted octanol–water partition coefficient (Wildman–Crippen LogP) is 2.87. The van der Waals surface area contributed by atoms with Crippen LogP contribution in [0.25, 0.3) is 0 Å². The number of hydrogen-bond donors (Lipinski definition) is 1. The fourth-order valence-electron chi connectivity index (χ4n) is 2.25. The average molecular weight is 252 g/mol. The first-order chi connectivity index (χ1) is 8.00. The van der Waals surface area contributed by atoms with E-state index in [1.165, 1.54) is 4.67 Å². The lowest BCUT2D eigenvalue weighted by Gasteiger charge is -2.39. The molecule has 0 aliphatic carbocycles. The van der Waals surface area contributed by atoms with Crippen LogP contribution in [0.15, 0.2) is 24.3 Å². The van der Waals surface area contributed by atoms with Gasteiger partial charge < -0.3 is 5.32 Å². The number of rotatable bonds is 2. The number of anilines is 1. The van der Waals surface area contributed by atoms with E-state index in [0.717, 1.165) is 5.30 Å². The van der Waals surface area contributed by atoms with Crippen molar-refractivity contribution in [3.05, 3.63) is 24.3 Å². The Morgan fingerprint density at radius 3 is 2.59 bits per heavy atom. The highest BCUT2D eigenvalue weighted by atomic mass is 31.2. The van der Waals surface area contributed by atoms with E-state index in [0.29, 0.717) is 11.8 Å². The van der Waals surface area contributed by atoms with Gasteiger partial charge in [0.05, 0.1) is 11.0 Å². The van der Waals surface area contributed by atoms with Crippen LogP contribution >= 0.6 is 7.29 Å². The van der Waals surface area contributed by atoms with Crippen molar-refractivity contribution in [2.24, 2.45) is 0 Å². The summed E-state index contributed by atoms with van der Waals surface area (Å²) in [5.74, 6) is 0. The van der Waals surface area contributed by atoms with Crippen LogP contribution in [0, 0.1) is 0 Å². The van der Waals surface area contributed by atoms with Crippen molar-refractivity contribution in [3.8, 4) is 0 Å². The molecule has 0 aromatic heterocycles. The van der Waals surface area contributed by atoms with Crippen LogP contribution in [-0.2, 0) is 4.57 Å². The average Bonchev–Trinajstić information content (AvgIpc) is 2.28. The Hall–Kier alpha value is -1.28. The van der Waals surface area contributed by atoms with Gasteiger partial charge in [-0.25, -0.2) is 4.79 Å². The van der Waals surface area contributed by atoms with Gasteiger partial charge in [0.2, 0.25) is 7.29 Å². The van der Waals surface area contributed by atoms with Crippen molar-refractivity contribution in [2.75, 3.05) is 11.5 Å². The first kappa shape index (κ1) is 12.2. The van der Waals surface area contributed by atoms with Gasteiger partial charge in [0.25, 0.3) is 0 Å². The number of amides is 2. The molecule has 2 rings (SSSR count). The minimum absolute atomic E-state index is 0.0749. The van der Waals surface area contributed by atoms with Gasteiger partial charge in [-0.2, -0.15) is 0 Å². The summed E-state index contributed by atoms with van der Waals surface area (Å²) in [6, 6.07) is 7.00. The second kappa shape index (κ2) is 4.19. The number of fused-ring (bicyclic) bond motifs is 1. The highest BCUT2D eigenvalue weighted by molar-refractivity contribution is 7.70. The Balaban J connectivity index is 2.64. The molecule has 0 fully saturated rings. The lowest BCUT2D eigenvalue weighted by atomic mass is 10.3. The number of carbonyl (C=O) groups is 1. The molecule has 1 N–H and O–H groups in total. The molecule has 1 atom stereocenters. The molecule has 17 heavy (non-hydrogen) atoms. The monoisotopic (exact) mass is 252 g/mol. The number of nitrogens with zero attached hydrogens (tertiary/aromatic N) is 1.